The molecule has 0 aromatic carbocycles. The molecular formula is C13H15N5OS2. The van der Waals surface area contributed by atoms with Gasteiger partial charge in [0.05, 0.1) is 10.1 Å². The number of hydrogen-bond donors (Lipinski definition) is 1. The smallest absolute Gasteiger partial charge is 0.240 e. The number of nitrogens with zero attached hydrogens (tertiary/aromatic N) is 4. The first-order valence-electron chi connectivity index (χ1n) is 6.60. The van der Waals surface area contributed by atoms with E-state index in [-0.39, 0.29) is 5.25 Å². The largest absolute Gasteiger partial charge is 0.338 e. The van der Waals surface area contributed by atoms with Crippen LogP contribution in [-0.2, 0) is 0 Å². The second-order valence-corrected chi connectivity index (χ2v) is 7.11. The minimum atomic E-state index is 0.00187. The number of hydrogen-bond acceptors (Lipinski definition) is 7. The zero-order valence-electron chi connectivity index (χ0n) is 11.9. The van der Waals surface area contributed by atoms with Crippen molar-refractivity contribution < 1.29 is 4.52 Å². The van der Waals surface area contributed by atoms with Gasteiger partial charge < -0.3 is 4.52 Å². The molecule has 0 aliphatic rings. The van der Waals surface area contributed by atoms with E-state index in [1.54, 1.807) is 11.3 Å². The second-order valence-electron chi connectivity index (χ2n) is 4.85. The number of H-pyrrole nitrogens is 1. The third-order valence-corrected chi connectivity index (χ3v) is 4.66. The molecular weight excluding hydrogens is 306 g/mol. The van der Waals surface area contributed by atoms with Gasteiger partial charge in [-0.25, -0.2) is 4.98 Å². The van der Waals surface area contributed by atoms with Crippen LogP contribution in [0.3, 0.4) is 0 Å². The van der Waals surface area contributed by atoms with Crippen molar-refractivity contribution in [1.29, 1.82) is 0 Å². The van der Waals surface area contributed by atoms with Gasteiger partial charge in [0.2, 0.25) is 16.9 Å². The van der Waals surface area contributed by atoms with Crippen LogP contribution in [0.1, 0.15) is 43.7 Å². The lowest BCUT2D eigenvalue weighted by Crippen LogP contribution is -1.91. The molecule has 0 saturated carbocycles. The summed E-state index contributed by atoms with van der Waals surface area (Å²) >= 11 is 3.09. The third-order valence-electron chi connectivity index (χ3n) is 2.84. The van der Waals surface area contributed by atoms with Gasteiger partial charge >= 0.3 is 0 Å². The van der Waals surface area contributed by atoms with E-state index in [1.165, 1.54) is 11.8 Å². The Morgan fingerprint density at radius 1 is 1.29 bits per heavy atom. The van der Waals surface area contributed by atoms with E-state index in [9.17, 15) is 0 Å². The van der Waals surface area contributed by atoms with E-state index in [0.717, 1.165) is 10.7 Å². The molecule has 0 radical (unpaired) electrons. The molecule has 0 unspecified atom stereocenters. The molecule has 3 aromatic rings. The summed E-state index contributed by atoms with van der Waals surface area (Å²) in [6, 6.07) is 3.94. The minimum Gasteiger partial charge on any atom is -0.338 e. The Labute approximate surface area is 130 Å². The van der Waals surface area contributed by atoms with Gasteiger partial charge in [-0.1, -0.05) is 36.8 Å². The van der Waals surface area contributed by atoms with Crippen LogP contribution in [0.15, 0.2) is 27.2 Å². The Bertz CT molecular complexity index is 704. The maximum Gasteiger partial charge on any atom is 0.240 e. The lowest BCUT2D eigenvalue weighted by Gasteiger charge is -2.01. The lowest BCUT2D eigenvalue weighted by molar-refractivity contribution is 0.381. The molecule has 0 saturated heterocycles. The van der Waals surface area contributed by atoms with Gasteiger partial charge in [-0.05, 0) is 18.4 Å². The van der Waals surface area contributed by atoms with Crippen molar-refractivity contribution in [3.8, 4) is 10.7 Å². The summed E-state index contributed by atoms with van der Waals surface area (Å²) in [7, 11) is 0. The van der Waals surface area contributed by atoms with Crippen LogP contribution in [0.5, 0.6) is 0 Å². The molecule has 0 amide bonds. The fourth-order valence-corrected chi connectivity index (χ4v) is 3.10. The molecule has 0 fully saturated rings. The van der Waals surface area contributed by atoms with E-state index in [1.807, 2.05) is 24.4 Å². The van der Waals surface area contributed by atoms with Crippen molar-refractivity contribution >= 4 is 23.1 Å². The third kappa shape index (κ3) is 3.16. The summed E-state index contributed by atoms with van der Waals surface area (Å²) in [5.74, 6) is 2.43. The first-order chi connectivity index (χ1) is 10.1. The van der Waals surface area contributed by atoms with E-state index in [2.05, 4.69) is 39.2 Å². The van der Waals surface area contributed by atoms with Crippen LogP contribution < -0.4 is 0 Å². The van der Waals surface area contributed by atoms with Crippen LogP contribution in [0.25, 0.3) is 10.7 Å². The Morgan fingerprint density at radius 2 is 2.14 bits per heavy atom. The van der Waals surface area contributed by atoms with Crippen LogP contribution in [0, 0.1) is 0 Å². The highest BCUT2D eigenvalue weighted by Gasteiger charge is 2.19. The molecule has 1 N–H and O–H groups in total. The monoisotopic (exact) mass is 321 g/mol. The van der Waals surface area contributed by atoms with Gasteiger partial charge in [-0.2, -0.15) is 4.98 Å². The lowest BCUT2D eigenvalue weighted by atomic mass is 10.2. The Hall–Kier alpha value is -1.67. The number of rotatable bonds is 5. The van der Waals surface area contributed by atoms with Crippen LogP contribution in [0.2, 0.25) is 0 Å². The average Bonchev–Trinajstić information content (AvgIpc) is 3.19. The normalized spacial score (nSPS) is 13.0. The molecule has 0 spiro atoms. The van der Waals surface area contributed by atoms with Crippen LogP contribution in [-0.4, -0.2) is 25.3 Å². The van der Waals surface area contributed by atoms with Crippen molar-refractivity contribution in [1.82, 2.24) is 25.3 Å². The first kappa shape index (κ1) is 14.3. The molecule has 21 heavy (non-hydrogen) atoms. The summed E-state index contributed by atoms with van der Waals surface area (Å²) in [4.78, 5) is 9.88. The highest BCUT2D eigenvalue weighted by molar-refractivity contribution is 7.99. The highest BCUT2D eigenvalue weighted by Crippen LogP contribution is 2.33. The predicted octanol–water partition coefficient (Wildman–Crippen LogP) is 3.89. The second kappa shape index (κ2) is 5.98. The van der Waals surface area contributed by atoms with Gasteiger partial charge in [0.1, 0.15) is 5.82 Å². The number of aromatic nitrogens is 5. The van der Waals surface area contributed by atoms with Gasteiger partial charge in [0.15, 0.2) is 0 Å². The summed E-state index contributed by atoms with van der Waals surface area (Å²) in [6.07, 6.45) is 0. The molecule has 3 rings (SSSR count). The Morgan fingerprint density at radius 3 is 2.81 bits per heavy atom. The van der Waals surface area contributed by atoms with E-state index >= 15 is 0 Å². The summed E-state index contributed by atoms with van der Waals surface area (Å²) < 4.78 is 5.34. The van der Waals surface area contributed by atoms with Crippen molar-refractivity contribution in [2.75, 3.05) is 0 Å². The number of aromatic amines is 1. The molecule has 3 heterocycles. The predicted molar refractivity (Wildman–Crippen MR) is 82.4 cm³/mol. The van der Waals surface area contributed by atoms with E-state index in [0.29, 0.717) is 22.8 Å². The molecule has 0 aliphatic heterocycles. The molecule has 0 aliphatic carbocycles. The fourth-order valence-electron chi connectivity index (χ4n) is 1.68. The molecule has 6 nitrogen and oxygen atoms in total. The number of thioether (sulfide) groups is 1. The molecule has 1 atom stereocenters. The van der Waals surface area contributed by atoms with Gasteiger partial charge in [0, 0.05) is 5.92 Å². The van der Waals surface area contributed by atoms with E-state index < -0.39 is 0 Å². The number of thiophene rings is 1. The first-order valence-corrected chi connectivity index (χ1v) is 8.36. The zero-order valence-corrected chi connectivity index (χ0v) is 13.5. The van der Waals surface area contributed by atoms with E-state index in [4.69, 9.17) is 4.52 Å². The Balaban J connectivity index is 1.71. The van der Waals surface area contributed by atoms with Crippen LogP contribution in [0.4, 0.5) is 0 Å². The molecule has 110 valence electrons. The highest BCUT2D eigenvalue weighted by atomic mass is 32.2. The Kier molecular flexibility index (Phi) is 4.07. The minimum absolute atomic E-state index is 0.00187. The summed E-state index contributed by atoms with van der Waals surface area (Å²) in [5, 5.41) is 13.8. The fraction of sp³-hybridized carbons (Fsp3) is 0.385. The van der Waals surface area contributed by atoms with Crippen molar-refractivity contribution in [2.24, 2.45) is 0 Å². The SMILES string of the molecule is CC(C)c1nc(S[C@H](C)c2nc(-c3cccs3)no2)n[nH]1. The summed E-state index contributed by atoms with van der Waals surface area (Å²) in [5.41, 5.74) is 0. The summed E-state index contributed by atoms with van der Waals surface area (Å²) in [6.45, 7) is 6.15. The zero-order chi connectivity index (χ0) is 14.8. The molecule has 3 aromatic heterocycles. The maximum atomic E-state index is 5.34. The molecule has 0 bridgehead atoms. The maximum absolute atomic E-state index is 5.34. The average molecular weight is 321 g/mol. The van der Waals surface area contributed by atoms with Crippen molar-refractivity contribution in [3.63, 3.8) is 0 Å². The van der Waals surface area contributed by atoms with Crippen molar-refractivity contribution in [3.05, 3.63) is 29.2 Å². The number of nitrogens with one attached hydrogen (secondary N) is 1. The van der Waals surface area contributed by atoms with Crippen molar-refractivity contribution in [2.45, 2.75) is 37.1 Å². The van der Waals surface area contributed by atoms with Crippen LogP contribution >= 0.6 is 23.1 Å². The molecule has 8 heteroatoms. The van der Waals surface area contributed by atoms with Gasteiger partial charge in [-0.15, -0.1) is 16.4 Å². The standard InChI is InChI=1S/C13H15N5OS2/c1-7(2)10-15-13(17-16-10)21-8(3)12-14-11(18-19-12)9-5-4-6-20-9/h4-8H,1-3H3,(H,15,16,17)/t8-/m1/s1. The topological polar surface area (TPSA) is 80.5 Å². The van der Waals surface area contributed by atoms with Gasteiger partial charge in [-0.3, -0.25) is 5.10 Å². The van der Waals surface area contributed by atoms with Gasteiger partial charge in [0.25, 0.3) is 0 Å². The quantitative estimate of drug-likeness (QED) is 0.718.